The number of rotatable bonds is 4. The average molecular weight is 340 g/mol. The van der Waals surface area contributed by atoms with E-state index in [2.05, 4.69) is 5.32 Å². The van der Waals surface area contributed by atoms with Crippen molar-refractivity contribution >= 4 is 23.3 Å². The summed E-state index contributed by atoms with van der Waals surface area (Å²) in [5, 5.41) is 3.33. The number of ether oxygens (including phenoxy) is 1. The highest BCUT2D eigenvalue weighted by atomic mass is 32.1. The third kappa shape index (κ3) is 3.34. The monoisotopic (exact) mass is 340 g/mol. The molecule has 0 fully saturated rings. The average Bonchev–Trinajstić information content (AvgIpc) is 2.47. The van der Waals surface area contributed by atoms with Crippen LogP contribution in [0.4, 0.5) is 8.78 Å². The Bertz CT molecular complexity index is 676. The molecule has 1 atom stereocenters. The lowest BCUT2D eigenvalue weighted by Crippen LogP contribution is -2.48. The summed E-state index contributed by atoms with van der Waals surface area (Å²) >= 11 is 5.29. The number of carbonyl (C=O) groups is 1. The summed E-state index contributed by atoms with van der Waals surface area (Å²) in [6.07, 6.45) is 0. The number of esters is 1. The minimum atomic E-state index is -0.815. The predicted octanol–water partition coefficient (Wildman–Crippen LogP) is 3.05. The summed E-state index contributed by atoms with van der Waals surface area (Å²) < 4.78 is 32.4. The minimum Gasteiger partial charge on any atom is -0.463 e. The molecule has 1 N–H and O–H groups in total. The minimum absolute atomic E-state index is 0.145. The Morgan fingerprint density at radius 3 is 2.65 bits per heavy atom. The van der Waals surface area contributed by atoms with E-state index in [1.54, 1.807) is 18.7 Å². The lowest BCUT2D eigenvalue weighted by atomic mass is 9.94. The van der Waals surface area contributed by atoms with Crippen LogP contribution in [-0.4, -0.2) is 29.1 Å². The molecular weight excluding hydrogens is 322 g/mol. The lowest BCUT2D eigenvalue weighted by Gasteiger charge is -2.37. The maximum atomic E-state index is 14.2. The van der Waals surface area contributed by atoms with Gasteiger partial charge in [0.1, 0.15) is 11.6 Å². The molecular formula is C16H18F2N2O2S. The van der Waals surface area contributed by atoms with Crippen LogP contribution in [0.5, 0.6) is 0 Å². The molecule has 1 aromatic rings. The summed E-state index contributed by atoms with van der Waals surface area (Å²) in [5.41, 5.74) is 1.02. The van der Waals surface area contributed by atoms with Crippen LogP contribution in [0.25, 0.3) is 0 Å². The van der Waals surface area contributed by atoms with E-state index in [4.69, 9.17) is 17.0 Å². The maximum absolute atomic E-state index is 14.2. The zero-order chi connectivity index (χ0) is 17.1. The second kappa shape index (κ2) is 7.04. The molecule has 1 aliphatic heterocycles. The first-order valence-electron chi connectivity index (χ1n) is 7.31. The zero-order valence-electron chi connectivity index (χ0n) is 13.2. The molecule has 0 bridgehead atoms. The van der Waals surface area contributed by atoms with Gasteiger partial charge in [0.05, 0.1) is 18.2 Å². The molecule has 4 nitrogen and oxygen atoms in total. The largest absolute Gasteiger partial charge is 0.463 e. The second-order valence-electron chi connectivity index (χ2n) is 5.01. The molecule has 124 valence electrons. The van der Waals surface area contributed by atoms with Crippen molar-refractivity contribution in [2.75, 3.05) is 13.2 Å². The highest BCUT2D eigenvalue weighted by Crippen LogP contribution is 2.32. The molecule has 0 saturated carbocycles. The van der Waals surface area contributed by atoms with Gasteiger partial charge in [-0.3, -0.25) is 0 Å². The summed E-state index contributed by atoms with van der Waals surface area (Å²) in [6.45, 7) is 6.07. The van der Waals surface area contributed by atoms with E-state index < -0.39 is 23.6 Å². The van der Waals surface area contributed by atoms with Crippen molar-refractivity contribution in [3.63, 3.8) is 0 Å². The summed E-state index contributed by atoms with van der Waals surface area (Å²) in [4.78, 5) is 14.1. The van der Waals surface area contributed by atoms with Crippen LogP contribution in [0.2, 0.25) is 0 Å². The first kappa shape index (κ1) is 17.3. The quantitative estimate of drug-likeness (QED) is 0.674. The van der Waals surface area contributed by atoms with Crippen LogP contribution in [0, 0.1) is 11.6 Å². The molecule has 2 rings (SSSR count). The molecule has 1 aliphatic rings. The van der Waals surface area contributed by atoms with Crippen molar-refractivity contribution in [2.24, 2.45) is 0 Å². The number of nitrogens with one attached hydrogen (secondary N) is 1. The number of thiocarbonyl (C=S) groups is 1. The van der Waals surface area contributed by atoms with E-state index in [-0.39, 0.29) is 17.7 Å². The number of carbonyl (C=O) groups excluding carboxylic acids is 1. The fourth-order valence-electron chi connectivity index (χ4n) is 2.60. The first-order valence-corrected chi connectivity index (χ1v) is 7.72. The molecule has 0 amide bonds. The lowest BCUT2D eigenvalue weighted by molar-refractivity contribution is -0.139. The van der Waals surface area contributed by atoms with Crippen molar-refractivity contribution in [3.05, 3.63) is 46.7 Å². The van der Waals surface area contributed by atoms with E-state index in [1.165, 1.54) is 6.07 Å². The topological polar surface area (TPSA) is 41.6 Å². The van der Waals surface area contributed by atoms with Gasteiger partial charge in [0.2, 0.25) is 0 Å². The van der Waals surface area contributed by atoms with Crippen LogP contribution in [0.3, 0.4) is 0 Å². The van der Waals surface area contributed by atoms with Gasteiger partial charge in [-0.1, -0.05) is 6.07 Å². The van der Waals surface area contributed by atoms with E-state index in [9.17, 15) is 13.6 Å². The number of halogens is 2. The van der Waals surface area contributed by atoms with Gasteiger partial charge >= 0.3 is 5.97 Å². The highest BCUT2D eigenvalue weighted by molar-refractivity contribution is 7.80. The molecule has 0 aliphatic carbocycles. The fraction of sp³-hybridized carbons (Fsp3) is 0.375. The number of hydrogen-bond donors (Lipinski definition) is 1. The van der Waals surface area contributed by atoms with Gasteiger partial charge in [0.25, 0.3) is 0 Å². The Hall–Kier alpha value is -2.02. The van der Waals surface area contributed by atoms with E-state index in [0.29, 0.717) is 17.4 Å². The third-order valence-corrected chi connectivity index (χ3v) is 4.02. The summed E-state index contributed by atoms with van der Waals surface area (Å²) in [5.74, 6) is -1.98. The third-order valence-electron chi connectivity index (χ3n) is 3.68. The smallest absolute Gasteiger partial charge is 0.338 e. The Morgan fingerprint density at radius 1 is 1.39 bits per heavy atom. The van der Waals surface area contributed by atoms with Crippen molar-refractivity contribution in [3.8, 4) is 0 Å². The van der Waals surface area contributed by atoms with Gasteiger partial charge in [-0.05, 0) is 39.1 Å². The SMILES string of the molecule is CCOC(=O)C1=C(C)N(CC)C(=S)N[C@H]1c1ccc(F)cc1F. The van der Waals surface area contributed by atoms with Gasteiger partial charge in [-0.2, -0.15) is 0 Å². The highest BCUT2D eigenvalue weighted by Gasteiger charge is 2.35. The number of allylic oxidation sites excluding steroid dienone is 1. The summed E-state index contributed by atoms with van der Waals surface area (Å²) in [6, 6.07) is 2.42. The van der Waals surface area contributed by atoms with Crippen LogP contribution in [0.15, 0.2) is 29.5 Å². The van der Waals surface area contributed by atoms with E-state index >= 15 is 0 Å². The Labute approximate surface area is 139 Å². The van der Waals surface area contributed by atoms with E-state index in [0.717, 1.165) is 12.1 Å². The van der Waals surface area contributed by atoms with Crippen LogP contribution < -0.4 is 5.32 Å². The fourth-order valence-corrected chi connectivity index (χ4v) is 2.99. The zero-order valence-corrected chi connectivity index (χ0v) is 14.0. The van der Waals surface area contributed by atoms with Crippen molar-refractivity contribution < 1.29 is 18.3 Å². The molecule has 1 aromatic carbocycles. The molecule has 0 saturated heterocycles. The molecule has 1 heterocycles. The first-order chi connectivity index (χ1) is 10.9. The van der Waals surface area contributed by atoms with Crippen LogP contribution >= 0.6 is 12.2 Å². The molecule has 0 spiro atoms. The van der Waals surface area contributed by atoms with Gasteiger partial charge < -0.3 is 15.0 Å². The Kier molecular flexibility index (Phi) is 5.30. The van der Waals surface area contributed by atoms with Crippen molar-refractivity contribution in [1.82, 2.24) is 10.2 Å². The Balaban J connectivity index is 2.57. The van der Waals surface area contributed by atoms with Crippen LogP contribution in [-0.2, 0) is 9.53 Å². The molecule has 0 unspecified atom stereocenters. The predicted molar refractivity (Wildman–Crippen MR) is 86.5 cm³/mol. The van der Waals surface area contributed by atoms with Crippen molar-refractivity contribution in [1.29, 1.82) is 0 Å². The maximum Gasteiger partial charge on any atom is 0.338 e. The van der Waals surface area contributed by atoms with Gasteiger partial charge in [-0.15, -0.1) is 0 Å². The number of nitrogens with zero attached hydrogens (tertiary/aromatic N) is 1. The van der Waals surface area contributed by atoms with Gasteiger partial charge in [0.15, 0.2) is 5.11 Å². The van der Waals surface area contributed by atoms with Crippen LogP contribution in [0.1, 0.15) is 32.4 Å². The molecule has 23 heavy (non-hydrogen) atoms. The number of hydrogen-bond acceptors (Lipinski definition) is 3. The normalized spacial score (nSPS) is 18.0. The second-order valence-corrected chi connectivity index (χ2v) is 5.40. The standard InChI is InChI=1S/C16H18F2N2O2S/c1-4-20-9(3)13(15(21)22-5-2)14(19-16(20)23)11-7-6-10(17)8-12(11)18/h6-8,14H,4-5H2,1-3H3,(H,19,23)/t14-/m0/s1. The van der Waals surface area contributed by atoms with Gasteiger partial charge in [0, 0.05) is 23.9 Å². The summed E-state index contributed by atoms with van der Waals surface area (Å²) in [7, 11) is 0. The number of benzene rings is 1. The molecule has 0 radical (unpaired) electrons. The Morgan fingerprint density at radius 2 is 2.09 bits per heavy atom. The van der Waals surface area contributed by atoms with Crippen molar-refractivity contribution in [2.45, 2.75) is 26.8 Å². The molecule has 7 heteroatoms. The van der Waals surface area contributed by atoms with Gasteiger partial charge in [-0.25, -0.2) is 13.6 Å². The molecule has 0 aromatic heterocycles. The van der Waals surface area contributed by atoms with E-state index in [1.807, 2.05) is 6.92 Å².